The van der Waals surface area contributed by atoms with Gasteiger partial charge in [-0.1, -0.05) is 30.3 Å². The second kappa shape index (κ2) is 7.24. The van der Waals surface area contributed by atoms with Crippen molar-refractivity contribution in [3.05, 3.63) is 66.1 Å². The van der Waals surface area contributed by atoms with Crippen molar-refractivity contribution in [1.29, 1.82) is 0 Å². The highest BCUT2D eigenvalue weighted by Crippen LogP contribution is 2.37. The maximum absolute atomic E-state index is 13.3. The number of nitrogens with zero attached hydrogens (tertiary/aromatic N) is 5. The molecule has 7 heteroatoms. The lowest BCUT2D eigenvalue weighted by atomic mass is 9.79. The second-order valence-electron chi connectivity index (χ2n) is 8.00. The van der Waals surface area contributed by atoms with Crippen molar-refractivity contribution >= 4 is 11.6 Å². The topological polar surface area (TPSA) is 74.0 Å². The summed E-state index contributed by atoms with van der Waals surface area (Å²) in [4.78, 5) is 21.8. The van der Waals surface area contributed by atoms with Gasteiger partial charge in [-0.2, -0.15) is 5.10 Å². The van der Waals surface area contributed by atoms with Crippen LogP contribution in [0.2, 0.25) is 0 Å². The number of benzene rings is 1. The maximum Gasteiger partial charge on any atom is 0.259 e. The highest BCUT2D eigenvalue weighted by Gasteiger charge is 2.47. The summed E-state index contributed by atoms with van der Waals surface area (Å²) in [7, 11) is 0. The lowest BCUT2D eigenvalue weighted by Gasteiger charge is -2.48. The van der Waals surface area contributed by atoms with E-state index in [4.69, 9.17) is 0 Å². The van der Waals surface area contributed by atoms with Crippen molar-refractivity contribution in [3.8, 4) is 0 Å². The molecule has 1 N–H and O–H groups in total. The minimum Gasteiger partial charge on any atom is -0.383 e. The number of fused-ring (bicyclic) bond motifs is 1. The summed E-state index contributed by atoms with van der Waals surface area (Å²) in [6, 6.07) is 11.6. The lowest BCUT2D eigenvalue weighted by molar-refractivity contribution is -0.0877. The highest BCUT2D eigenvalue weighted by molar-refractivity contribution is 5.99. The van der Waals surface area contributed by atoms with Gasteiger partial charge in [0.05, 0.1) is 12.2 Å². The van der Waals surface area contributed by atoms with Gasteiger partial charge < -0.3 is 10.0 Å². The summed E-state index contributed by atoms with van der Waals surface area (Å²) in [6.45, 7) is 2.91. The van der Waals surface area contributed by atoms with Gasteiger partial charge in [-0.15, -0.1) is 0 Å². The van der Waals surface area contributed by atoms with E-state index in [9.17, 15) is 9.90 Å². The van der Waals surface area contributed by atoms with Gasteiger partial charge in [-0.3, -0.25) is 9.69 Å². The average molecular weight is 391 g/mol. The molecule has 0 bridgehead atoms. The fourth-order valence-corrected chi connectivity index (χ4v) is 4.79. The van der Waals surface area contributed by atoms with E-state index >= 15 is 0 Å². The zero-order valence-electron chi connectivity index (χ0n) is 16.3. The number of amides is 1. The highest BCUT2D eigenvalue weighted by atomic mass is 16.3. The van der Waals surface area contributed by atoms with Crippen molar-refractivity contribution in [2.75, 3.05) is 26.2 Å². The number of hydrogen-bond acceptors (Lipinski definition) is 5. The largest absolute Gasteiger partial charge is 0.383 e. The third-order valence-electron chi connectivity index (χ3n) is 6.36. The molecule has 2 aromatic heterocycles. The third kappa shape index (κ3) is 3.10. The Morgan fingerprint density at radius 1 is 1.10 bits per heavy atom. The number of aliphatic hydroxyl groups is 1. The van der Waals surface area contributed by atoms with Gasteiger partial charge in [-0.25, -0.2) is 9.50 Å². The van der Waals surface area contributed by atoms with Gasteiger partial charge in [0.2, 0.25) is 0 Å². The molecule has 2 aliphatic rings. The first-order valence-electron chi connectivity index (χ1n) is 10.3. The number of rotatable bonds is 3. The van der Waals surface area contributed by atoms with Crippen LogP contribution in [0, 0.1) is 0 Å². The Kier molecular flexibility index (Phi) is 4.56. The van der Waals surface area contributed by atoms with Crippen LogP contribution in [-0.4, -0.2) is 67.6 Å². The van der Waals surface area contributed by atoms with Crippen LogP contribution in [-0.2, 0) is 5.60 Å². The Balaban J connectivity index is 1.46. The normalized spacial score (nSPS) is 25.6. The lowest BCUT2D eigenvalue weighted by Crippen LogP contribution is -2.61. The smallest absolute Gasteiger partial charge is 0.259 e. The summed E-state index contributed by atoms with van der Waals surface area (Å²) < 4.78 is 1.62. The molecule has 2 atom stereocenters. The first kappa shape index (κ1) is 18.3. The molecule has 4 heterocycles. The van der Waals surface area contributed by atoms with Gasteiger partial charge in [0, 0.05) is 25.5 Å². The van der Waals surface area contributed by atoms with E-state index in [0.29, 0.717) is 30.7 Å². The van der Waals surface area contributed by atoms with Gasteiger partial charge in [0.25, 0.3) is 5.91 Å². The van der Waals surface area contributed by atoms with Crippen LogP contribution in [0.3, 0.4) is 0 Å². The molecule has 0 saturated carbocycles. The molecule has 2 aliphatic heterocycles. The molecule has 29 heavy (non-hydrogen) atoms. The van der Waals surface area contributed by atoms with E-state index < -0.39 is 5.60 Å². The van der Waals surface area contributed by atoms with E-state index in [-0.39, 0.29) is 11.9 Å². The predicted molar refractivity (Wildman–Crippen MR) is 108 cm³/mol. The van der Waals surface area contributed by atoms with Crippen LogP contribution in [0.1, 0.15) is 35.2 Å². The first-order chi connectivity index (χ1) is 14.2. The molecule has 5 rings (SSSR count). The Bertz CT molecular complexity index is 1010. The van der Waals surface area contributed by atoms with Crippen molar-refractivity contribution < 1.29 is 9.90 Å². The molecule has 7 nitrogen and oxygen atoms in total. The Morgan fingerprint density at radius 2 is 1.90 bits per heavy atom. The molecule has 0 radical (unpaired) electrons. The summed E-state index contributed by atoms with van der Waals surface area (Å²) in [5.41, 5.74) is 1.05. The Labute approximate surface area is 169 Å². The van der Waals surface area contributed by atoms with Crippen LogP contribution in [0.5, 0.6) is 0 Å². The van der Waals surface area contributed by atoms with E-state index in [1.54, 1.807) is 29.2 Å². The monoisotopic (exact) mass is 391 g/mol. The van der Waals surface area contributed by atoms with Crippen molar-refractivity contribution in [2.24, 2.45) is 0 Å². The Hall–Kier alpha value is -2.77. The molecular formula is C22H25N5O2. The molecule has 3 aromatic rings. The summed E-state index contributed by atoms with van der Waals surface area (Å²) in [5, 5.41) is 16.0. The Morgan fingerprint density at radius 3 is 2.69 bits per heavy atom. The zero-order chi connectivity index (χ0) is 19.8. The minimum atomic E-state index is -0.957. The molecule has 1 aromatic carbocycles. The molecule has 0 aliphatic carbocycles. The average Bonchev–Trinajstić information content (AvgIpc) is 3.44. The number of aromatic nitrogens is 3. The van der Waals surface area contributed by atoms with E-state index in [2.05, 4.69) is 15.0 Å². The summed E-state index contributed by atoms with van der Waals surface area (Å²) >= 11 is 0. The number of carbonyl (C=O) groups excluding carboxylic acids is 1. The summed E-state index contributed by atoms with van der Waals surface area (Å²) in [6.07, 6.45) is 7.83. The van der Waals surface area contributed by atoms with Crippen LogP contribution in [0.15, 0.2) is 55.0 Å². The number of hydrogen-bond donors (Lipinski definition) is 1. The molecule has 2 saturated heterocycles. The van der Waals surface area contributed by atoms with Crippen LogP contribution < -0.4 is 0 Å². The van der Waals surface area contributed by atoms with Crippen molar-refractivity contribution in [1.82, 2.24) is 24.4 Å². The van der Waals surface area contributed by atoms with E-state index in [1.165, 1.54) is 0 Å². The fraction of sp³-hybridized carbons (Fsp3) is 0.409. The van der Waals surface area contributed by atoms with Gasteiger partial charge in [-0.05, 0) is 44.0 Å². The third-order valence-corrected chi connectivity index (χ3v) is 6.36. The van der Waals surface area contributed by atoms with Gasteiger partial charge in [0.15, 0.2) is 5.65 Å². The van der Waals surface area contributed by atoms with E-state index in [0.717, 1.165) is 31.5 Å². The molecule has 0 spiro atoms. The minimum absolute atomic E-state index is 0.0713. The molecule has 1 amide bonds. The van der Waals surface area contributed by atoms with Crippen molar-refractivity contribution in [2.45, 2.75) is 30.9 Å². The number of carbonyl (C=O) groups is 1. The standard InChI is InChI=1S/C22H25N5O2/c28-21(18-15-24-27-13-6-10-23-20(18)27)26-14-9-22(29,17-7-2-1-3-8-17)19(16-26)25-11-4-5-12-25/h1-3,6-8,10,13,15,19,29H,4-5,9,11-12,14,16H2/t19-,22+/m1/s1. The first-order valence-corrected chi connectivity index (χ1v) is 10.3. The fourth-order valence-electron chi connectivity index (χ4n) is 4.79. The van der Waals surface area contributed by atoms with E-state index in [1.807, 2.05) is 35.2 Å². The predicted octanol–water partition coefficient (Wildman–Crippen LogP) is 1.93. The quantitative estimate of drug-likeness (QED) is 0.739. The van der Waals surface area contributed by atoms with Crippen LogP contribution >= 0.6 is 0 Å². The van der Waals surface area contributed by atoms with Gasteiger partial charge in [0.1, 0.15) is 11.2 Å². The number of piperidine rings is 1. The zero-order valence-corrected chi connectivity index (χ0v) is 16.3. The summed E-state index contributed by atoms with van der Waals surface area (Å²) in [5.74, 6) is -0.0713. The second-order valence-corrected chi connectivity index (χ2v) is 8.00. The van der Waals surface area contributed by atoms with Crippen molar-refractivity contribution in [3.63, 3.8) is 0 Å². The molecular weight excluding hydrogens is 366 g/mol. The SMILES string of the molecule is O=C(c1cnn2cccnc12)N1CC[C@](O)(c2ccccc2)[C@H](N2CCCC2)C1. The number of likely N-dealkylation sites (tertiary alicyclic amines) is 2. The van der Waals surface area contributed by atoms with Crippen LogP contribution in [0.4, 0.5) is 0 Å². The van der Waals surface area contributed by atoms with Crippen LogP contribution in [0.25, 0.3) is 5.65 Å². The molecule has 2 fully saturated rings. The molecule has 0 unspecified atom stereocenters. The molecule has 150 valence electrons. The van der Waals surface area contributed by atoms with Gasteiger partial charge >= 0.3 is 0 Å². The maximum atomic E-state index is 13.3.